The van der Waals surface area contributed by atoms with E-state index in [4.69, 9.17) is 5.73 Å². The number of nitrogens with two attached hydrogens (primary N) is 1. The fourth-order valence-corrected chi connectivity index (χ4v) is 1.97. The lowest BCUT2D eigenvalue weighted by molar-refractivity contribution is 0.212. The quantitative estimate of drug-likeness (QED) is 0.581. The summed E-state index contributed by atoms with van der Waals surface area (Å²) in [7, 11) is 0. The first-order valence-corrected chi connectivity index (χ1v) is 7.07. The van der Waals surface area contributed by atoms with Crippen LogP contribution < -0.4 is 5.73 Å². The Bertz CT molecular complexity index is 144. The van der Waals surface area contributed by atoms with E-state index in [9.17, 15) is 0 Å². The van der Waals surface area contributed by atoms with Crippen LogP contribution in [0.2, 0.25) is 0 Å². The van der Waals surface area contributed by atoms with E-state index in [1.54, 1.807) is 0 Å². The zero-order valence-corrected chi connectivity index (χ0v) is 11.8. The number of hydrogen-bond acceptors (Lipinski definition) is 2. The molecule has 0 amide bonds. The summed E-state index contributed by atoms with van der Waals surface area (Å²) in [5.41, 5.74) is 5.75. The van der Waals surface area contributed by atoms with Crippen LogP contribution in [0.1, 0.15) is 66.2 Å². The molecule has 0 aromatic rings. The summed E-state index contributed by atoms with van der Waals surface area (Å²) >= 11 is 0. The minimum Gasteiger partial charge on any atom is -0.328 e. The van der Waals surface area contributed by atoms with Gasteiger partial charge in [0.25, 0.3) is 0 Å². The van der Waals surface area contributed by atoms with E-state index < -0.39 is 0 Å². The van der Waals surface area contributed by atoms with E-state index in [0.29, 0.717) is 12.1 Å². The van der Waals surface area contributed by atoms with Crippen LogP contribution in [0, 0.1) is 0 Å². The first-order chi connectivity index (χ1) is 7.57. The normalized spacial score (nSPS) is 13.7. The van der Waals surface area contributed by atoms with Gasteiger partial charge in [0.05, 0.1) is 0 Å². The van der Waals surface area contributed by atoms with Crippen LogP contribution in [0.3, 0.4) is 0 Å². The standard InChI is InChI=1S/C14H32N2/c1-5-6-8-11-16(13(2)3)12-9-7-10-14(4)15/h13-14H,5-12,15H2,1-4H3. The molecule has 0 aliphatic heterocycles. The first kappa shape index (κ1) is 15.9. The summed E-state index contributed by atoms with van der Waals surface area (Å²) < 4.78 is 0. The Morgan fingerprint density at radius 1 is 0.938 bits per heavy atom. The minimum atomic E-state index is 0.368. The van der Waals surface area contributed by atoms with E-state index in [0.717, 1.165) is 0 Å². The maximum Gasteiger partial charge on any atom is 0.00385 e. The molecule has 0 heterocycles. The molecule has 0 aromatic heterocycles. The molecule has 0 spiro atoms. The molecule has 0 radical (unpaired) electrons. The van der Waals surface area contributed by atoms with Crippen LogP contribution >= 0.6 is 0 Å². The van der Waals surface area contributed by atoms with Crippen molar-refractivity contribution >= 4 is 0 Å². The smallest absolute Gasteiger partial charge is 0.00385 e. The van der Waals surface area contributed by atoms with Gasteiger partial charge in [-0.25, -0.2) is 0 Å². The fourth-order valence-electron chi connectivity index (χ4n) is 1.97. The van der Waals surface area contributed by atoms with Crippen molar-refractivity contribution in [1.82, 2.24) is 4.90 Å². The SMILES string of the molecule is CCCCCN(CCCCC(C)N)C(C)C. The average molecular weight is 228 g/mol. The van der Waals surface area contributed by atoms with Gasteiger partial charge >= 0.3 is 0 Å². The highest BCUT2D eigenvalue weighted by atomic mass is 15.1. The second-order valence-electron chi connectivity index (χ2n) is 5.31. The lowest BCUT2D eigenvalue weighted by atomic mass is 10.1. The highest BCUT2D eigenvalue weighted by Crippen LogP contribution is 2.07. The lowest BCUT2D eigenvalue weighted by Crippen LogP contribution is -2.33. The molecular formula is C14H32N2. The Kier molecular flexibility index (Phi) is 10.0. The average Bonchev–Trinajstić information content (AvgIpc) is 2.21. The van der Waals surface area contributed by atoms with Crippen molar-refractivity contribution in [3.63, 3.8) is 0 Å². The number of unbranched alkanes of at least 4 members (excludes halogenated alkanes) is 3. The highest BCUT2D eigenvalue weighted by Gasteiger charge is 2.08. The second-order valence-corrected chi connectivity index (χ2v) is 5.31. The third-order valence-corrected chi connectivity index (χ3v) is 3.13. The van der Waals surface area contributed by atoms with Gasteiger partial charge in [0, 0.05) is 12.1 Å². The molecule has 0 rings (SSSR count). The van der Waals surface area contributed by atoms with Gasteiger partial charge in [-0.1, -0.05) is 26.2 Å². The van der Waals surface area contributed by atoms with Gasteiger partial charge in [-0.2, -0.15) is 0 Å². The number of rotatable bonds is 10. The third kappa shape index (κ3) is 9.17. The van der Waals surface area contributed by atoms with Gasteiger partial charge in [0.15, 0.2) is 0 Å². The summed E-state index contributed by atoms with van der Waals surface area (Å²) in [6, 6.07) is 1.06. The molecule has 0 saturated carbocycles. The summed E-state index contributed by atoms with van der Waals surface area (Å²) in [6.07, 6.45) is 7.77. The van der Waals surface area contributed by atoms with E-state index in [1.165, 1.54) is 51.6 Å². The topological polar surface area (TPSA) is 29.3 Å². The van der Waals surface area contributed by atoms with Crippen molar-refractivity contribution in [3.8, 4) is 0 Å². The van der Waals surface area contributed by atoms with Crippen LogP contribution in [0.15, 0.2) is 0 Å². The van der Waals surface area contributed by atoms with Crippen molar-refractivity contribution in [3.05, 3.63) is 0 Å². The largest absolute Gasteiger partial charge is 0.328 e. The Labute approximate surface area is 103 Å². The van der Waals surface area contributed by atoms with Crippen molar-refractivity contribution in [2.24, 2.45) is 5.73 Å². The van der Waals surface area contributed by atoms with Crippen molar-refractivity contribution < 1.29 is 0 Å². The fraction of sp³-hybridized carbons (Fsp3) is 1.00. The summed E-state index contributed by atoms with van der Waals surface area (Å²) in [4.78, 5) is 2.61. The molecular weight excluding hydrogens is 196 g/mol. The van der Waals surface area contributed by atoms with Gasteiger partial charge in [-0.15, -0.1) is 0 Å². The zero-order chi connectivity index (χ0) is 12.4. The maximum absolute atomic E-state index is 5.75. The zero-order valence-electron chi connectivity index (χ0n) is 11.8. The summed E-state index contributed by atoms with van der Waals surface area (Å²) in [5.74, 6) is 0. The molecule has 0 bridgehead atoms. The predicted molar refractivity (Wildman–Crippen MR) is 73.7 cm³/mol. The lowest BCUT2D eigenvalue weighted by Gasteiger charge is -2.26. The molecule has 0 saturated heterocycles. The van der Waals surface area contributed by atoms with Gasteiger partial charge in [0.1, 0.15) is 0 Å². The highest BCUT2D eigenvalue weighted by molar-refractivity contribution is 4.64. The van der Waals surface area contributed by atoms with Crippen LogP contribution in [-0.4, -0.2) is 30.1 Å². The molecule has 98 valence electrons. The molecule has 0 aliphatic rings. The second kappa shape index (κ2) is 10.1. The summed E-state index contributed by atoms with van der Waals surface area (Å²) in [5, 5.41) is 0. The Hall–Kier alpha value is -0.0800. The van der Waals surface area contributed by atoms with E-state index in [-0.39, 0.29) is 0 Å². The van der Waals surface area contributed by atoms with Crippen LogP contribution in [0.4, 0.5) is 0 Å². The van der Waals surface area contributed by atoms with Gasteiger partial charge in [-0.3, -0.25) is 0 Å². The Balaban J connectivity index is 3.60. The molecule has 2 heteroatoms. The summed E-state index contributed by atoms with van der Waals surface area (Å²) in [6.45, 7) is 11.5. The third-order valence-electron chi connectivity index (χ3n) is 3.13. The number of nitrogens with zero attached hydrogens (tertiary/aromatic N) is 1. The van der Waals surface area contributed by atoms with Crippen molar-refractivity contribution in [1.29, 1.82) is 0 Å². The van der Waals surface area contributed by atoms with Gasteiger partial charge < -0.3 is 10.6 Å². The van der Waals surface area contributed by atoms with E-state index in [2.05, 4.69) is 32.6 Å². The minimum absolute atomic E-state index is 0.368. The molecule has 2 nitrogen and oxygen atoms in total. The van der Waals surface area contributed by atoms with Crippen LogP contribution in [-0.2, 0) is 0 Å². The van der Waals surface area contributed by atoms with E-state index >= 15 is 0 Å². The van der Waals surface area contributed by atoms with E-state index in [1.807, 2.05) is 0 Å². The molecule has 1 unspecified atom stereocenters. The van der Waals surface area contributed by atoms with Crippen LogP contribution in [0.25, 0.3) is 0 Å². The molecule has 1 atom stereocenters. The molecule has 2 N–H and O–H groups in total. The van der Waals surface area contributed by atoms with Crippen molar-refractivity contribution in [2.75, 3.05) is 13.1 Å². The van der Waals surface area contributed by atoms with Crippen molar-refractivity contribution in [2.45, 2.75) is 78.3 Å². The van der Waals surface area contributed by atoms with Gasteiger partial charge in [-0.05, 0) is 53.1 Å². The van der Waals surface area contributed by atoms with Gasteiger partial charge in [0.2, 0.25) is 0 Å². The molecule has 0 aliphatic carbocycles. The maximum atomic E-state index is 5.75. The Morgan fingerprint density at radius 2 is 1.50 bits per heavy atom. The number of hydrogen-bond donors (Lipinski definition) is 1. The molecule has 0 aromatic carbocycles. The van der Waals surface area contributed by atoms with Crippen LogP contribution in [0.5, 0.6) is 0 Å². The Morgan fingerprint density at radius 3 is 1.94 bits per heavy atom. The molecule has 0 fully saturated rings. The predicted octanol–water partition coefficient (Wildman–Crippen LogP) is 3.40. The first-order valence-electron chi connectivity index (χ1n) is 7.07. The molecule has 16 heavy (non-hydrogen) atoms. The monoisotopic (exact) mass is 228 g/mol.